The van der Waals surface area contributed by atoms with Crippen molar-refractivity contribution in [2.24, 2.45) is 10.7 Å². The fourth-order valence-electron chi connectivity index (χ4n) is 4.58. The zero-order valence-corrected chi connectivity index (χ0v) is 19.2. The van der Waals surface area contributed by atoms with Crippen LogP contribution in [-0.4, -0.2) is 33.5 Å². The number of allylic oxidation sites excluding steroid dienone is 3. The number of hydrogen-bond donors (Lipinski definition) is 1. The van der Waals surface area contributed by atoms with Crippen LogP contribution in [0.2, 0.25) is 0 Å². The van der Waals surface area contributed by atoms with Crippen molar-refractivity contribution in [1.29, 1.82) is 0 Å². The van der Waals surface area contributed by atoms with E-state index >= 15 is 0 Å². The summed E-state index contributed by atoms with van der Waals surface area (Å²) < 4.78 is 2.01. The Morgan fingerprint density at radius 3 is 2.78 bits per heavy atom. The summed E-state index contributed by atoms with van der Waals surface area (Å²) in [6.45, 7) is 8.77. The second-order valence-corrected chi connectivity index (χ2v) is 8.74. The first-order chi connectivity index (χ1) is 15.4. The Hall–Kier alpha value is -3.36. The highest BCUT2D eigenvalue weighted by Gasteiger charge is 2.31. The number of benzene rings is 1. The van der Waals surface area contributed by atoms with E-state index in [1.807, 2.05) is 41.9 Å². The summed E-state index contributed by atoms with van der Waals surface area (Å²) in [6, 6.07) is 6.28. The van der Waals surface area contributed by atoms with E-state index in [1.165, 1.54) is 12.8 Å². The van der Waals surface area contributed by atoms with Crippen LogP contribution in [0.4, 0.5) is 0 Å². The number of nitrogens with zero attached hydrogens (tertiary/aromatic N) is 4. The molecular weight excluding hydrogens is 394 g/mol. The van der Waals surface area contributed by atoms with Gasteiger partial charge in [0.15, 0.2) is 0 Å². The van der Waals surface area contributed by atoms with Crippen molar-refractivity contribution in [2.45, 2.75) is 51.6 Å². The fourth-order valence-corrected chi connectivity index (χ4v) is 4.58. The molecule has 164 valence electrons. The van der Waals surface area contributed by atoms with Gasteiger partial charge in [0.25, 0.3) is 0 Å². The number of aromatic nitrogens is 2. The van der Waals surface area contributed by atoms with Crippen LogP contribution in [0.3, 0.4) is 0 Å². The lowest BCUT2D eigenvalue weighted by molar-refractivity contribution is 0.355. The average Bonchev–Trinajstić information content (AvgIpc) is 3.38. The largest absolute Gasteiger partial charge is 0.336 e. The van der Waals surface area contributed by atoms with Crippen molar-refractivity contribution in [2.75, 3.05) is 7.05 Å². The van der Waals surface area contributed by atoms with Crippen molar-refractivity contribution in [3.63, 3.8) is 0 Å². The fraction of sp³-hybridized carbons (Fsp3) is 0.333. The van der Waals surface area contributed by atoms with E-state index in [0.29, 0.717) is 6.54 Å². The first-order valence-electron chi connectivity index (χ1n) is 11.1. The van der Waals surface area contributed by atoms with Gasteiger partial charge in [0.1, 0.15) is 11.5 Å². The molecule has 32 heavy (non-hydrogen) atoms. The molecule has 5 heteroatoms. The quantitative estimate of drug-likeness (QED) is 0.694. The van der Waals surface area contributed by atoms with Gasteiger partial charge in [-0.1, -0.05) is 37.5 Å². The van der Waals surface area contributed by atoms with Crippen molar-refractivity contribution in [1.82, 2.24) is 14.7 Å². The Balaban J connectivity index is 1.90. The molecule has 2 N–H and O–H groups in total. The highest BCUT2D eigenvalue weighted by Crippen LogP contribution is 2.35. The maximum absolute atomic E-state index is 6.70. The van der Waals surface area contributed by atoms with Crippen LogP contribution < -0.4 is 5.73 Å². The van der Waals surface area contributed by atoms with Crippen LogP contribution in [0.25, 0.3) is 16.8 Å². The normalized spacial score (nSPS) is 18.4. The Kier molecular flexibility index (Phi) is 6.16. The number of aryl methyl sites for hydroxylation is 1. The van der Waals surface area contributed by atoms with E-state index in [0.717, 1.165) is 52.2 Å². The number of aliphatic imine (C=N–C) groups is 1. The number of hydrogen-bond acceptors (Lipinski definition) is 4. The molecule has 1 aromatic carbocycles. The van der Waals surface area contributed by atoms with Crippen LogP contribution in [0.5, 0.6) is 0 Å². The van der Waals surface area contributed by atoms with Gasteiger partial charge in [-0.3, -0.25) is 4.68 Å². The summed E-state index contributed by atoms with van der Waals surface area (Å²) in [4.78, 5) is 6.63. The van der Waals surface area contributed by atoms with Crippen LogP contribution in [0, 0.1) is 18.8 Å². The second-order valence-electron chi connectivity index (χ2n) is 8.74. The second kappa shape index (κ2) is 9.02. The molecule has 5 nitrogen and oxygen atoms in total. The lowest BCUT2D eigenvalue weighted by atomic mass is 9.96. The molecule has 1 aromatic heterocycles. The van der Waals surface area contributed by atoms with Gasteiger partial charge >= 0.3 is 0 Å². The van der Waals surface area contributed by atoms with Crippen LogP contribution in [0.1, 0.15) is 49.3 Å². The Morgan fingerprint density at radius 2 is 2.09 bits per heavy atom. The summed E-state index contributed by atoms with van der Waals surface area (Å²) >= 11 is 0. The minimum absolute atomic E-state index is 0.199. The third-order valence-electron chi connectivity index (χ3n) is 6.26. The van der Waals surface area contributed by atoms with Crippen molar-refractivity contribution in [3.05, 3.63) is 71.8 Å². The van der Waals surface area contributed by atoms with Crippen LogP contribution in [0.15, 0.2) is 60.1 Å². The molecule has 0 spiro atoms. The van der Waals surface area contributed by atoms with E-state index in [1.54, 1.807) is 6.21 Å². The van der Waals surface area contributed by atoms with Crippen molar-refractivity contribution < 1.29 is 0 Å². The molecule has 2 aromatic rings. The number of nitrogens with two attached hydrogens (primary N) is 1. The Morgan fingerprint density at radius 1 is 1.31 bits per heavy atom. The van der Waals surface area contributed by atoms with Gasteiger partial charge in [-0.15, -0.1) is 5.92 Å². The molecule has 2 heterocycles. The van der Waals surface area contributed by atoms with Gasteiger partial charge in [0, 0.05) is 53.5 Å². The summed E-state index contributed by atoms with van der Waals surface area (Å²) in [5.41, 5.74) is 12.5. The topological polar surface area (TPSA) is 59.4 Å². The van der Waals surface area contributed by atoms with Gasteiger partial charge in [0.05, 0.1) is 6.54 Å². The summed E-state index contributed by atoms with van der Waals surface area (Å²) in [6.07, 6.45) is 14.1. The molecule has 1 aliphatic heterocycles. The SMILES string of the molecule is C=C/C(=C1/N=CC=CN1C)c1cn(CC2(N)CCCC2)nc1-c1cc(C#CC)ccc1C. The van der Waals surface area contributed by atoms with Gasteiger partial charge in [-0.25, -0.2) is 4.99 Å². The lowest BCUT2D eigenvalue weighted by Crippen LogP contribution is -2.41. The molecule has 0 unspecified atom stereocenters. The third kappa shape index (κ3) is 4.32. The molecule has 1 fully saturated rings. The molecule has 0 amide bonds. The molecule has 0 bridgehead atoms. The third-order valence-corrected chi connectivity index (χ3v) is 6.26. The standard InChI is InChI=1S/C27H31N5/c1-5-10-21-12-11-20(3)23(17-21)25-24(22(6-2)26-29-15-9-16-31(26)4)18-32(30-25)19-27(28)13-7-8-14-27/h6,9,11-12,15-18H,2,7-8,13-14,19,28H2,1,3-4H3/b26-22+. The van der Waals surface area contributed by atoms with Crippen LogP contribution >= 0.6 is 0 Å². The van der Waals surface area contributed by atoms with E-state index < -0.39 is 0 Å². The van der Waals surface area contributed by atoms with Crippen LogP contribution in [-0.2, 0) is 6.54 Å². The highest BCUT2D eigenvalue weighted by atomic mass is 15.3. The van der Waals surface area contributed by atoms with Gasteiger partial charge in [-0.05, 0) is 50.5 Å². The van der Waals surface area contributed by atoms with Crippen molar-refractivity contribution >= 4 is 11.8 Å². The maximum atomic E-state index is 6.70. The molecular formula is C27H31N5. The zero-order valence-electron chi connectivity index (χ0n) is 19.2. The highest BCUT2D eigenvalue weighted by molar-refractivity contribution is 5.87. The first-order valence-corrected chi connectivity index (χ1v) is 11.1. The monoisotopic (exact) mass is 425 g/mol. The summed E-state index contributed by atoms with van der Waals surface area (Å²) in [5.74, 6) is 7.01. The first kappa shape index (κ1) is 21.9. The Labute approximate surface area is 191 Å². The minimum Gasteiger partial charge on any atom is -0.336 e. The molecule has 0 atom stereocenters. The summed E-state index contributed by atoms with van der Waals surface area (Å²) in [7, 11) is 1.99. The van der Waals surface area contributed by atoms with Gasteiger partial charge in [0.2, 0.25) is 0 Å². The Bertz CT molecular complexity index is 1180. The summed E-state index contributed by atoms with van der Waals surface area (Å²) in [5, 5.41) is 5.06. The number of rotatable bonds is 5. The van der Waals surface area contributed by atoms with Gasteiger partial charge in [-0.2, -0.15) is 5.10 Å². The van der Waals surface area contributed by atoms with E-state index in [9.17, 15) is 0 Å². The predicted octanol–water partition coefficient (Wildman–Crippen LogP) is 4.89. The molecule has 4 rings (SSSR count). The smallest absolute Gasteiger partial charge is 0.140 e. The lowest BCUT2D eigenvalue weighted by Gasteiger charge is -2.23. The molecule has 0 radical (unpaired) electrons. The molecule has 0 saturated heterocycles. The maximum Gasteiger partial charge on any atom is 0.140 e. The average molecular weight is 426 g/mol. The molecule has 2 aliphatic rings. The molecule has 1 saturated carbocycles. The van der Waals surface area contributed by atoms with E-state index in [-0.39, 0.29) is 5.54 Å². The van der Waals surface area contributed by atoms with Gasteiger partial charge < -0.3 is 10.6 Å². The zero-order chi connectivity index (χ0) is 22.7. The molecule has 1 aliphatic carbocycles. The van der Waals surface area contributed by atoms with Crippen molar-refractivity contribution in [3.8, 4) is 23.1 Å². The predicted molar refractivity (Wildman–Crippen MR) is 133 cm³/mol. The van der Waals surface area contributed by atoms with E-state index in [2.05, 4.69) is 54.7 Å². The minimum atomic E-state index is -0.199. The van der Waals surface area contributed by atoms with E-state index in [4.69, 9.17) is 10.8 Å².